The van der Waals surface area contributed by atoms with E-state index in [1.807, 2.05) is 12.1 Å². The maximum Gasteiger partial charge on any atom is 0.240 e. The molecule has 0 amide bonds. The number of sulfonamides is 1. The molecule has 1 aliphatic heterocycles. The molecule has 0 saturated heterocycles. The molecule has 2 aromatic carbocycles. The maximum atomic E-state index is 12.5. The summed E-state index contributed by atoms with van der Waals surface area (Å²) in [5.41, 5.74) is 3.46. The van der Waals surface area contributed by atoms with Crippen molar-refractivity contribution in [2.75, 3.05) is 45.9 Å². The molecule has 0 saturated carbocycles. The van der Waals surface area contributed by atoms with Crippen molar-refractivity contribution in [3.8, 4) is 11.5 Å². The van der Waals surface area contributed by atoms with Gasteiger partial charge in [0.15, 0.2) is 11.5 Å². The number of hydrogen-bond acceptors (Lipinski definition) is 8. The maximum absolute atomic E-state index is 12.5. The SMILES string of the molecule is COCCNS(=O)(=O)c1ccc2c(c1)CCN2c1cnnc2cc(OC)c(OC)cc12. The first-order chi connectivity index (χ1) is 15.0. The Hall–Kier alpha value is -2.95. The van der Waals surface area contributed by atoms with Crippen LogP contribution in [0.1, 0.15) is 5.56 Å². The van der Waals surface area contributed by atoms with Crippen LogP contribution >= 0.6 is 0 Å². The molecule has 0 atom stereocenters. The second kappa shape index (κ2) is 8.66. The summed E-state index contributed by atoms with van der Waals surface area (Å²) in [6.45, 7) is 1.24. The van der Waals surface area contributed by atoms with Gasteiger partial charge in [0.25, 0.3) is 0 Å². The van der Waals surface area contributed by atoms with E-state index in [1.54, 1.807) is 38.6 Å². The smallest absolute Gasteiger partial charge is 0.240 e. The number of anilines is 2. The van der Waals surface area contributed by atoms with Crippen molar-refractivity contribution in [2.45, 2.75) is 11.3 Å². The molecule has 0 radical (unpaired) electrons. The Labute approximate surface area is 181 Å². The minimum atomic E-state index is -3.59. The van der Waals surface area contributed by atoms with E-state index in [1.165, 1.54) is 7.11 Å². The summed E-state index contributed by atoms with van der Waals surface area (Å²) in [5, 5.41) is 9.25. The van der Waals surface area contributed by atoms with Gasteiger partial charge in [-0.05, 0) is 36.2 Å². The lowest BCUT2D eigenvalue weighted by molar-refractivity contribution is 0.204. The highest BCUT2D eigenvalue weighted by atomic mass is 32.2. The molecule has 164 valence electrons. The largest absolute Gasteiger partial charge is 0.493 e. The van der Waals surface area contributed by atoms with Crippen molar-refractivity contribution in [1.29, 1.82) is 0 Å². The van der Waals surface area contributed by atoms with E-state index < -0.39 is 10.0 Å². The second-order valence-electron chi connectivity index (χ2n) is 7.04. The van der Waals surface area contributed by atoms with Crippen molar-refractivity contribution in [2.24, 2.45) is 0 Å². The number of fused-ring (bicyclic) bond motifs is 2. The molecule has 0 spiro atoms. The van der Waals surface area contributed by atoms with Crippen LogP contribution in [0.2, 0.25) is 0 Å². The molecule has 3 aromatic rings. The average Bonchev–Trinajstić information content (AvgIpc) is 3.21. The van der Waals surface area contributed by atoms with Crippen LogP contribution in [0.15, 0.2) is 41.4 Å². The molecule has 2 heterocycles. The molecule has 0 bridgehead atoms. The lowest BCUT2D eigenvalue weighted by Gasteiger charge is -2.21. The zero-order valence-electron chi connectivity index (χ0n) is 17.6. The number of ether oxygens (including phenoxy) is 3. The van der Waals surface area contributed by atoms with Crippen LogP contribution in [0.3, 0.4) is 0 Å². The first kappa shape index (κ1) is 21.3. The molecular formula is C21H24N4O5S. The molecule has 0 unspecified atom stereocenters. The molecule has 9 nitrogen and oxygen atoms in total. The van der Waals surface area contributed by atoms with Gasteiger partial charge >= 0.3 is 0 Å². The van der Waals surface area contributed by atoms with E-state index >= 15 is 0 Å². The van der Waals surface area contributed by atoms with E-state index in [0.717, 1.165) is 22.3 Å². The van der Waals surface area contributed by atoms with Gasteiger partial charge in [0.05, 0.1) is 43.1 Å². The van der Waals surface area contributed by atoms with Gasteiger partial charge in [-0.3, -0.25) is 0 Å². The Morgan fingerprint density at radius 2 is 1.84 bits per heavy atom. The Balaban J connectivity index is 1.71. The van der Waals surface area contributed by atoms with E-state index in [2.05, 4.69) is 19.8 Å². The van der Waals surface area contributed by atoms with Crippen LogP contribution in [0, 0.1) is 0 Å². The average molecular weight is 445 g/mol. The van der Waals surface area contributed by atoms with Crippen LogP contribution in [0.25, 0.3) is 10.9 Å². The van der Waals surface area contributed by atoms with E-state index in [-0.39, 0.29) is 11.4 Å². The third kappa shape index (κ3) is 4.01. The number of hydrogen-bond donors (Lipinski definition) is 1. The molecule has 1 aliphatic rings. The van der Waals surface area contributed by atoms with Crippen molar-refractivity contribution in [3.63, 3.8) is 0 Å². The highest BCUT2D eigenvalue weighted by Gasteiger charge is 2.25. The normalized spacial score (nSPS) is 13.5. The highest BCUT2D eigenvalue weighted by molar-refractivity contribution is 7.89. The second-order valence-corrected chi connectivity index (χ2v) is 8.80. The Morgan fingerprint density at radius 3 is 2.58 bits per heavy atom. The first-order valence-corrected chi connectivity index (χ1v) is 11.2. The Bertz CT molecular complexity index is 1220. The molecule has 1 N–H and O–H groups in total. The summed E-state index contributed by atoms with van der Waals surface area (Å²) in [6, 6.07) is 8.86. The van der Waals surface area contributed by atoms with Gasteiger partial charge in [0, 0.05) is 37.3 Å². The van der Waals surface area contributed by atoms with E-state index in [9.17, 15) is 8.42 Å². The van der Waals surface area contributed by atoms with Gasteiger partial charge in [-0.25, -0.2) is 13.1 Å². The van der Waals surface area contributed by atoms with Crippen LogP contribution in [-0.4, -0.2) is 59.6 Å². The summed E-state index contributed by atoms with van der Waals surface area (Å²) in [7, 11) is 1.11. The highest BCUT2D eigenvalue weighted by Crippen LogP contribution is 2.41. The van der Waals surface area contributed by atoms with Gasteiger partial charge in [-0.15, -0.1) is 0 Å². The van der Waals surface area contributed by atoms with Crippen LogP contribution < -0.4 is 19.1 Å². The van der Waals surface area contributed by atoms with E-state index in [0.29, 0.717) is 36.6 Å². The quantitative estimate of drug-likeness (QED) is 0.528. The van der Waals surface area contributed by atoms with Crippen molar-refractivity contribution in [1.82, 2.24) is 14.9 Å². The zero-order chi connectivity index (χ0) is 22.0. The number of rotatable bonds is 8. The minimum Gasteiger partial charge on any atom is -0.493 e. The predicted octanol–water partition coefficient (Wildman–Crippen LogP) is 2.27. The topological polar surface area (TPSA) is 103 Å². The number of nitrogens with one attached hydrogen (secondary N) is 1. The molecule has 1 aromatic heterocycles. The van der Waals surface area contributed by atoms with Gasteiger partial charge in [0.1, 0.15) is 0 Å². The zero-order valence-corrected chi connectivity index (χ0v) is 18.4. The fourth-order valence-corrected chi connectivity index (χ4v) is 4.81. The summed E-state index contributed by atoms with van der Waals surface area (Å²) < 4.78 is 43.4. The number of benzene rings is 2. The molecule has 10 heteroatoms. The number of methoxy groups -OCH3 is 3. The van der Waals surface area contributed by atoms with Gasteiger partial charge < -0.3 is 19.1 Å². The summed E-state index contributed by atoms with van der Waals surface area (Å²) in [4.78, 5) is 2.36. The van der Waals surface area contributed by atoms with E-state index in [4.69, 9.17) is 14.2 Å². The molecule has 0 fully saturated rings. The lowest BCUT2D eigenvalue weighted by Crippen LogP contribution is -2.27. The Morgan fingerprint density at radius 1 is 1.06 bits per heavy atom. The molecule has 31 heavy (non-hydrogen) atoms. The summed E-state index contributed by atoms with van der Waals surface area (Å²) >= 11 is 0. The first-order valence-electron chi connectivity index (χ1n) is 9.75. The number of nitrogens with zero attached hydrogens (tertiary/aromatic N) is 3. The molecule has 4 rings (SSSR count). The van der Waals surface area contributed by atoms with Crippen LogP contribution in [0.5, 0.6) is 11.5 Å². The molecular weight excluding hydrogens is 420 g/mol. The third-order valence-corrected chi connectivity index (χ3v) is 6.73. The van der Waals surface area contributed by atoms with Gasteiger partial charge in [0.2, 0.25) is 10.0 Å². The fraction of sp³-hybridized carbons (Fsp3) is 0.333. The summed E-state index contributed by atoms with van der Waals surface area (Å²) in [6.07, 6.45) is 2.42. The predicted molar refractivity (Wildman–Crippen MR) is 117 cm³/mol. The standard InChI is InChI=1S/C21H24N4O5S/c1-28-9-7-23-31(26,27)15-4-5-18-14(10-15)6-8-25(18)19-13-22-24-17-12-21(30-3)20(29-2)11-16(17)19/h4-5,10-13,23H,6-9H2,1-3H3. The monoisotopic (exact) mass is 444 g/mol. The van der Waals surface area contributed by atoms with Gasteiger partial charge in [-0.2, -0.15) is 10.2 Å². The lowest BCUT2D eigenvalue weighted by atomic mass is 10.1. The third-order valence-electron chi connectivity index (χ3n) is 5.27. The van der Waals surface area contributed by atoms with Gasteiger partial charge in [-0.1, -0.05) is 0 Å². The van der Waals surface area contributed by atoms with Crippen LogP contribution in [0.4, 0.5) is 11.4 Å². The fourth-order valence-electron chi connectivity index (χ4n) is 3.74. The van der Waals surface area contributed by atoms with Crippen molar-refractivity contribution in [3.05, 3.63) is 42.1 Å². The molecule has 0 aliphatic carbocycles. The summed E-state index contributed by atoms with van der Waals surface area (Å²) in [5.74, 6) is 1.19. The van der Waals surface area contributed by atoms with Crippen molar-refractivity contribution < 1.29 is 22.6 Å². The minimum absolute atomic E-state index is 0.224. The van der Waals surface area contributed by atoms with Crippen LogP contribution in [-0.2, 0) is 21.2 Å². The Kier molecular flexibility index (Phi) is 5.94. The number of aromatic nitrogens is 2. The van der Waals surface area contributed by atoms with Crippen molar-refractivity contribution >= 4 is 32.3 Å².